The van der Waals surface area contributed by atoms with Gasteiger partial charge in [0.05, 0.1) is 19.0 Å². The number of methoxy groups -OCH3 is 1. The van der Waals surface area contributed by atoms with Gasteiger partial charge in [-0.15, -0.1) is 0 Å². The second-order valence-electron chi connectivity index (χ2n) is 8.97. The first kappa shape index (κ1) is 21.6. The highest BCUT2D eigenvalue weighted by Gasteiger charge is 2.31. The van der Waals surface area contributed by atoms with Gasteiger partial charge in [0.25, 0.3) is 0 Å². The highest BCUT2D eigenvalue weighted by molar-refractivity contribution is 5.73. The quantitative estimate of drug-likeness (QED) is 0.535. The zero-order chi connectivity index (χ0) is 22.8. The molecule has 2 fully saturated rings. The van der Waals surface area contributed by atoms with Gasteiger partial charge in [-0.25, -0.2) is 0 Å². The number of likely N-dealkylation sites (tertiary alicyclic amines) is 1. The van der Waals surface area contributed by atoms with E-state index in [9.17, 15) is 4.79 Å². The third kappa shape index (κ3) is 4.93. The van der Waals surface area contributed by atoms with Crippen molar-refractivity contribution in [3.63, 3.8) is 0 Å². The lowest BCUT2D eigenvalue weighted by atomic mass is 10.1. The summed E-state index contributed by atoms with van der Waals surface area (Å²) in [5.74, 6) is 2.80. The van der Waals surface area contributed by atoms with Crippen LogP contribution in [0.1, 0.15) is 49.4 Å². The second-order valence-corrected chi connectivity index (χ2v) is 8.97. The van der Waals surface area contributed by atoms with Crippen molar-refractivity contribution in [3.05, 3.63) is 47.7 Å². The van der Waals surface area contributed by atoms with E-state index in [1.54, 1.807) is 14.0 Å². The molecule has 1 saturated heterocycles. The summed E-state index contributed by atoms with van der Waals surface area (Å²) >= 11 is 0. The molecule has 0 radical (unpaired) electrons. The van der Waals surface area contributed by atoms with Crippen LogP contribution in [0.3, 0.4) is 0 Å². The molecule has 1 aliphatic carbocycles. The van der Waals surface area contributed by atoms with E-state index in [4.69, 9.17) is 9.26 Å². The lowest BCUT2D eigenvalue weighted by Gasteiger charge is -2.28. The Morgan fingerprint density at radius 3 is 3.00 bits per heavy atom. The smallest absolute Gasteiger partial charge is 0.229 e. The molecule has 1 unspecified atom stereocenters. The van der Waals surface area contributed by atoms with Crippen LogP contribution in [-0.2, 0) is 17.8 Å². The molecule has 9 heteroatoms. The molecule has 3 heterocycles. The van der Waals surface area contributed by atoms with Crippen LogP contribution in [0.25, 0.3) is 11.3 Å². The number of rotatable bonds is 9. The van der Waals surface area contributed by atoms with Gasteiger partial charge in [0.1, 0.15) is 5.75 Å². The lowest BCUT2D eigenvalue weighted by molar-refractivity contribution is -0.130. The summed E-state index contributed by atoms with van der Waals surface area (Å²) in [5.41, 5.74) is 3.19. The van der Waals surface area contributed by atoms with Crippen LogP contribution in [0.4, 0.5) is 0 Å². The fourth-order valence-corrected chi connectivity index (χ4v) is 4.59. The SMILES string of the molecule is COc1cccc(-c2[nH]ncc2CN2CCC(N(CCc3noc(C4CC4)n3)C(C)=O)C2)c1. The number of aromatic amines is 1. The minimum absolute atomic E-state index is 0.0909. The Balaban J connectivity index is 1.20. The van der Waals surface area contributed by atoms with Crippen LogP contribution in [0.15, 0.2) is 35.0 Å². The van der Waals surface area contributed by atoms with Crippen LogP contribution in [0.2, 0.25) is 0 Å². The molecule has 1 aromatic carbocycles. The maximum absolute atomic E-state index is 12.4. The number of hydrogen-bond acceptors (Lipinski definition) is 7. The molecule has 1 atom stereocenters. The predicted octanol–water partition coefficient (Wildman–Crippen LogP) is 3.01. The van der Waals surface area contributed by atoms with E-state index in [0.717, 1.165) is 67.4 Å². The molecule has 1 N–H and O–H groups in total. The van der Waals surface area contributed by atoms with Gasteiger partial charge in [0, 0.05) is 62.6 Å². The first-order chi connectivity index (χ1) is 16.1. The lowest BCUT2D eigenvalue weighted by Crippen LogP contribution is -2.42. The zero-order valence-corrected chi connectivity index (χ0v) is 19.2. The second kappa shape index (κ2) is 9.35. The van der Waals surface area contributed by atoms with Crippen molar-refractivity contribution in [2.24, 2.45) is 0 Å². The van der Waals surface area contributed by atoms with Gasteiger partial charge in [0.15, 0.2) is 5.82 Å². The van der Waals surface area contributed by atoms with Gasteiger partial charge in [-0.05, 0) is 31.4 Å². The molecule has 0 spiro atoms. The number of benzene rings is 1. The van der Waals surface area contributed by atoms with Crippen molar-refractivity contribution in [3.8, 4) is 17.0 Å². The molecule has 0 bridgehead atoms. The third-order valence-electron chi connectivity index (χ3n) is 6.55. The number of nitrogens with one attached hydrogen (secondary N) is 1. The molecule has 9 nitrogen and oxygen atoms in total. The normalized spacial score (nSPS) is 18.5. The van der Waals surface area contributed by atoms with Crippen molar-refractivity contribution in [2.75, 3.05) is 26.7 Å². The van der Waals surface area contributed by atoms with E-state index in [1.165, 1.54) is 0 Å². The largest absolute Gasteiger partial charge is 0.497 e. The van der Waals surface area contributed by atoms with E-state index in [1.807, 2.05) is 29.3 Å². The summed E-state index contributed by atoms with van der Waals surface area (Å²) in [5, 5.41) is 11.5. The van der Waals surface area contributed by atoms with Crippen LogP contribution in [0, 0.1) is 0 Å². The number of amides is 1. The highest BCUT2D eigenvalue weighted by atomic mass is 16.5. The Kier molecular flexibility index (Phi) is 6.13. The molecule has 3 aromatic rings. The molecule has 5 rings (SSSR count). The topological polar surface area (TPSA) is 100 Å². The number of H-pyrrole nitrogens is 1. The van der Waals surface area contributed by atoms with Crippen LogP contribution < -0.4 is 4.74 Å². The summed E-state index contributed by atoms with van der Waals surface area (Å²) in [6, 6.07) is 8.16. The highest BCUT2D eigenvalue weighted by Crippen LogP contribution is 2.38. The Bertz CT molecular complexity index is 1110. The molecule has 33 heavy (non-hydrogen) atoms. The average molecular weight is 451 g/mol. The van der Waals surface area contributed by atoms with Crippen molar-refractivity contribution in [1.29, 1.82) is 0 Å². The van der Waals surface area contributed by atoms with Crippen LogP contribution in [-0.4, -0.2) is 68.8 Å². The molecule has 1 saturated carbocycles. The summed E-state index contributed by atoms with van der Waals surface area (Å²) < 4.78 is 10.7. The van der Waals surface area contributed by atoms with E-state index >= 15 is 0 Å². The minimum Gasteiger partial charge on any atom is -0.497 e. The Hall–Kier alpha value is -3.20. The standard InChI is InChI=1S/C24H30N6O3/c1-16(31)30(11-9-22-26-24(33-28-22)17-6-7-17)20-8-10-29(15-20)14-19-13-25-27-23(19)18-4-3-5-21(12-18)32-2/h3-5,12-13,17,20H,6-11,14-15H2,1-2H3,(H,25,27). The number of carbonyl (C=O) groups excluding carboxylic acids is 1. The number of hydrogen-bond donors (Lipinski definition) is 1. The first-order valence-corrected chi connectivity index (χ1v) is 11.6. The predicted molar refractivity (Wildman–Crippen MR) is 122 cm³/mol. The average Bonchev–Trinajstić information content (AvgIpc) is 3.19. The van der Waals surface area contributed by atoms with Crippen molar-refractivity contribution in [1.82, 2.24) is 30.1 Å². The van der Waals surface area contributed by atoms with Gasteiger partial charge in [0.2, 0.25) is 11.8 Å². The van der Waals surface area contributed by atoms with E-state index < -0.39 is 0 Å². The molecular weight excluding hydrogens is 420 g/mol. The van der Waals surface area contributed by atoms with Gasteiger partial charge < -0.3 is 14.2 Å². The van der Waals surface area contributed by atoms with Crippen LogP contribution in [0.5, 0.6) is 5.75 Å². The number of ether oxygens (including phenoxy) is 1. The van der Waals surface area contributed by atoms with Crippen molar-refractivity contribution in [2.45, 2.75) is 51.1 Å². The van der Waals surface area contributed by atoms with Gasteiger partial charge in [-0.2, -0.15) is 10.1 Å². The van der Waals surface area contributed by atoms with Gasteiger partial charge in [-0.3, -0.25) is 14.8 Å². The molecule has 2 aliphatic rings. The summed E-state index contributed by atoms with van der Waals surface area (Å²) in [4.78, 5) is 21.3. The van der Waals surface area contributed by atoms with E-state index in [2.05, 4.69) is 31.3 Å². The van der Waals surface area contributed by atoms with E-state index in [0.29, 0.717) is 24.7 Å². The van der Waals surface area contributed by atoms with E-state index in [-0.39, 0.29) is 11.9 Å². The number of carbonyl (C=O) groups is 1. The van der Waals surface area contributed by atoms with Gasteiger partial charge >= 0.3 is 0 Å². The first-order valence-electron chi connectivity index (χ1n) is 11.6. The summed E-state index contributed by atoms with van der Waals surface area (Å²) in [6.07, 6.45) is 5.72. The third-order valence-corrected chi connectivity index (χ3v) is 6.55. The molecular formula is C24H30N6O3. The summed E-state index contributed by atoms with van der Waals surface area (Å²) in [6.45, 7) is 4.80. The number of aromatic nitrogens is 4. The monoisotopic (exact) mass is 450 g/mol. The number of nitrogens with zero attached hydrogens (tertiary/aromatic N) is 5. The maximum atomic E-state index is 12.4. The van der Waals surface area contributed by atoms with Crippen molar-refractivity contribution < 1.29 is 14.1 Å². The van der Waals surface area contributed by atoms with Crippen molar-refractivity contribution >= 4 is 5.91 Å². The minimum atomic E-state index is 0.0909. The molecule has 1 aliphatic heterocycles. The summed E-state index contributed by atoms with van der Waals surface area (Å²) in [7, 11) is 1.67. The molecule has 1 amide bonds. The Morgan fingerprint density at radius 1 is 1.33 bits per heavy atom. The fourth-order valence-electron chi connectivity index (χ4n) is 4.59. The van der Waals surface area contributed by atoms with Gasteiger partial charge in [-0.1, -0.05) is 17.3 Å². The molecule has 2 aromatic heterocycles. The maximum Gasteiger partial charge on any atom is 0.229 e. The Labute approximate surface area is 193 Å². The molecule has 174 valence electrons. The fraction of sp³-hybridized carbons (Fsp3) is 0.500. The van der Waals surface area contributed by atoms with Crippen LogP contribution >= 0.6 is 0 Å². The Morgan fingerprint density at radius 2 is 2.21 bits per heavy atom. The zero-order valence-electron chi connectivity index (χ0n) is 19.2.